The molecule has 0 saturated carbocycles. The van der Waals surface area contributed by atoms with Crippen molar-refractivity contribution < 1.29 is 0 Å². The molecule has 0 aliphatic carbocycles. The third-order valence-electron chi connectivity index (χ3n) is 7.14. The van der Waals surface area contributed by atoms with E-state index in [4.69, 9.17) is 0 Å². The lowest BCUT2D eigenvalue weighted by molar-refractivity contribution is 0.539. The van der Waals surface area contributed by atoms with Gasteiger partial charge in [-0.15, -0.1) is 0 Å². The molecule has 4 aromatic rings. The maximum absolute atomic E-state index is 3.59. The summed E-state index contributed by atoms with van der Waals surface area (Å²) in [7, 11) is 0. The predicted molar refractivity (Wildman–Crippen MR) is 180 cm³/mol. The smallest absolute Gasteiger partial charge is 0.0385 e. The molecule has 0 fully saturated rings. The minimum atomic E-state index is 0.470. The Kier molecular flexibility index (Phi) is 10.7. The number of hydrogen-bond donors (Lipinski definition) is 4. The Labute approximate surface area is 248 Å². The van der Waals surface area contributed by atoms with E-state index in [1.54, 1.807) is 0 Å². The molecule has 4 nitrogen and oxygen atoms in total. The van der Waals surface area contributed by atoms with Crippen LogP contribution in [0.25, 0.3) is 0 Å². The highest BCUT2D eigenvalue weighted by Gasteiger charge is 2.06. The van der Waals surface area contributed by atoms with E-state index in [2.05, 4.69) is 160 Å². The first-order valence-electron chi connectivity index (χ1n) is 15.2. The fourth-order valence-electron chi connectivity index (χ4n) is 5.38. The number of anilines is 6. The molecule has 4 heteroatoms. The third kappa shape index (κ3) is 10.2. The van der Waals surface area contributed by atoms with Gasteiger partial charge in [-0.1, -0.05) is 52.0 Å². The second kappa shape index (κ2) is 14.6. The summed E-state index contributed by atoms with van der Waals surface area (Å²) in [5, 5.41) is 14.2. The lowest BCUT2D eigenvalue weighted by Crippen LogP contribution is -2.17. The van der Waals surface area contributed by atoms with Gasteiger partial charge in [0.25, 0.3) is 0 Å². The molecule has 0 aromatic heterocycles. The van der Waals surface area contributed by atoms with E-state index in [9.17, 15) is 0 Å². The predicted octanol–water partition coefficient (Wildman–Crippen LogP) is 10.5. The first-order valence-corrected chi connectivity index (χ1v) is 15.2. The number of rotatable bonds is 14. The van der Waals surface area contributed by atoms with Gasteiger partial charge < -0.3 is 21.3 Å². The zero-order chi connectivity index (χ0) is 29.2. The molecule has 0 radical (unpaired) electrons. The van der Waals surface area contributed by atoms with Crippen molar-refractivity contribution in [2.75, 3.05) is 21.3 Å². The summed E-state index contributed by atoms with van der Waals surface area (Å²) in [6.45, 7) is 13.5. The van der Waals surface area contributed by atoms with Gasteiger partial charge in [0, 0.05) is 46.2 Å². The monoisotopic (exact) mass is 548 g/mol. The molecule has 2 atom stereocenters. The van der Waals surface area contributed by atoms with Crippen molar-refractivity contribution in [3.63, 3.8) is 0 Å². The Bertz CT molecular complexity index is 1200. The number of benzene rings is 4. The average molecular weight is 549 g/mol. The zero-order valence-electron chi connectivity index (χ0n) is 25.7. The van der Waals surface area contributed by atoms with E-state index in [1.807, 2.05) is 0 Å². The van der Waals surface area contributed by atoms with E-state index in [0.717, 1.165) is 53.4 Å². The van der Waals surface area contributed by atoms with Crippen molar-refractivity contribution in [3.05, 3.63) is 108 Å². The van der Waals surface area contributed by atoms with Crippen LogP contribution < -0.4 is 21.3 Å². The van der Waals surface area contributed by atoms with Gasteiger partial charge in [-0.2, -0.15) is 0 Å². The molecule has 4 aromatic carbocycles. The van der Waals surface area contributed by atoms with E-state index in [1.165, 1.54) is 11.1 Å². The standard InChI is InChI=1S/C37H48N4/c1-26(2)23-28(5)38-32-15-19-36(20-16-32)40-34-11-7-30(8-12-34)25-31-9-13-35(14-10-31)41-37-21-17-33(18-22-37)39-29(6)24-27(3)4/h7-22,26-29,38-41H,23-25H2,1-6H3. The van der Waals surface area contributed by atoms with E-state index >= 15 is 0 Å². The maximum Gasteiger partial charge on any atom is 0.0385 e. The highest BCUT2D eigenvalue weighted by atomic mass is 14.9. The normalized spacial score (nSPS) is 12.7. The van der Waals surface area contributed by atoms with Crippen molar-refractivity contribution in [2.24, 2.45) is 11.8 Å². The van der Waals surface area contributed by atoms with Crippen LogP contribution >= 0.6 is 0 Å². The van der Waals surface area contributed by atoms with Gasteiger partial charge >= 0.3 is 0 Å². The molecule has 0 amide bonds. The molecule has 216 valence electrons. The van der Waals surface area contributed by atoms with Gasteiger partial charge in [0.05, 0.1) is 0 Å². The molecule has 0 saturated heterocycles. The molecule has 4 rings (SSSR count). The largest absolute Gasteiger partial charge is 0.383 e. The van der Waals surface area contributed by atoms with Crippen molar-refractivity contribution in [1.29, 1.82) is 0 Å². The molecule has 4 N–H and O–H groups in total. The molecule has 0 spiro atoms. The summed E-state index contributed by atoms with van der Waals surface area (Å²) in [5.41, 5.74) is 9.30. The van der Waals surface area contributed by atoms with Crippen LogP contribution in [0.1, 0.15) is 65.5 Å². The fourth-order valence-corrected chi connectivity index (χ4v) is 5.38. The topological polar surface area (TPSA) is 48.1 Å². The SMILES string of the molecule is CC(C)CC(C)Nc1ccc(Nc2ccc(Cc3ccc(Nc4ccc(NC(C)CC(C)C)cc4)cc3)cc2)cc1. The van der Waals surface area contributed by atoms with Crippen LogP contribution in [0.2, 0.25) is 0 Å². The van der Waals surface area contributed by atoms with Crippen molar-refractivity contribution in [2.45, 2.75) is 72.9 Å². The Morgan fingerprint density at radius 3 is 0.951 bits per heavy atom. The third-order valence-corrected chi connectivity index (χ3v) is 7.14. The first kappa shape index (κ1) is 30.0. The Morgan fingerprint density at radius 1 is 0.390 bits per heavy atom. The lowest BCUT2D eigenvalue weighted by Gasteiger charge is -2.17. The lowest BCUT2D eigenvalue weighted by atomic mass is 10.0. The number of hydrogen-bond acceptors (Lipinski definition) is 4. The number of nitrogens with one attached hydrogen (secondary N) is 4. The van der Waals surface area contributed by atoms with Crippen molar-refractivity contribution >= 4 is 34.1 Å². The molecule has 0 aliphatic rings. The Hall–Kier alpha value is -3.92. The van der Waals surface area contributed by atoms with Gasteiger partial charge in [0.15, 0.2) is 0 Å². The Morgan fingerprint density at radius 2 is 0.659 bits per heavy atom. The summed E-state index contributed by atoms with van der Waals surface area (Å²) < 4.78 is 0. The molecular weight excluding hydrogens is 500 g/mol. The van der Waals surface area contributed by atoms with Crippen LogP contribution in [0.3, 0.4) is 0 Å². The minimum absolute atomic E-state index is 0.470. The summed E-state index contributed by atoms with van der Waals surface area (Å²) in [5.74, 6) is 1.38. The van der Waals surface area contributed by atoms with Gasteiger partial charge in [-0.25, -0.2) is 0 Å². The molecule has 0 heterocycles. The second-order valence-electron chi connectivity index (χ2n) is 12.3. The van der Waals surface area contributed by atoms with Crippen LogP contribution in [-0.2, 0) is 6.42 Å². The van der Waals surface area contributed by atoms with Gasteiger partial charge in [0.2, 0.25) is 0 Å². The molecule has 2 unspecified atom stereocenters. The van der Waals surface area contributed by atoms with Gasteiger partial charge in [-0.05, 0) is 129 Å². The van der Waals surface area contributed by atoms with E-state index < -0.39 is 0 Å². The fraction of sp³-hybridized carbons (Fsp3) is 0.351. The zero-order valence-corrected chi connectivity index (χ0v) is 25.7. The van der Waals surface area contributed by atoms with E-state index in [-0.39, 0.29) is 0 Å². The Balaban J connectivity index is 1.25. The second-order valence-corrected chi connectivity index (χ2v) is 12.3. The maximum atomic E-state index is 3.59. The average Bonchev–Trinajstić information content (AvgIpc) is 2.92. The van der Waals surface area contributed by atoms with Crippen molar-refractivity contribution in [1.82, 2.24) is 0 Å². The van der Waals surface area contributed by atoms with Gasteiger partial charge in [-0.3, -0.25) is 0 Å². The molecule has 0 bridgehead atoms. The van der Waals surface area contributed by atoms with Gasteiger partial charge in [0.1, 0.15) is 0 Å². The minimum Gasteiger partial charge on any atom is -0.383 e. The summed E-state index contributed by atoms with van der Waals surface area (Å²) in [6, 6.07) is 35.5. The molecule has 0 aliphatic heterocycles. The highest BCUT2D eigenvalue weighted by molar-refractivity contribution is 5.64. The van der Waals surface area contributed by atoms with E-state index in [0.29, 0.717) is 23.9 Å². The quantitative estimate of drug-likeness (QED) is 0.127. The molecular formula is C37H48N4. The highest BCUT2D eigenvalue weighted by Crippen LogP contribution is 2.23. The summed E-state index contributed by atoms with van der Waals surface area (Å²) in [6.07, 6.45) is 3.24. The van der Waals surface area contributed by atoms with Crippen molar-refractivity contribution in [3.8, 4) is 0 Å². The van der Waals surface area contributed by atoms with Crippen LogP contribution in [-0.4, -0.2) is 12.1 Å². The first-order chi connectivity index (χ1) is 19.7. The van der Waals surface area contributed by atoms with Crippen LogP contribution in [0.4, 0.5) is 34.1 Å². The van der Waals surface area contributed by atoms with Crippen LogP contribution in [0.15, 0.2) is 97.1 Å². The van der Waals surface area contributed by atoms with Crippen LogP contribution in [0.5, 0.6) is 0 Å². The molecule has 41 heavy (non-hydrogen) atoms. The summed E-state index contributed by atoms with van der Waals surface area (Å²) in [4.78, 5) is 0. The van der Waals surface area contributed by atoms with Crippen LogP contribution in [0, 0.1) is 11.8 Å². The summed E-state index contributed by atoms with van der Waals surface area (Å²) >= 11 is 0.